The second-order valence-corrected chi connectivity index (χ2v) is 10.8. The van der Waals surface area contributed by atoms with Crippen LogP contribution in [0.1, 0.15) is 18.1 Å². The van der Waals surface area contributed by atoms with E-state index >= 15 is 0 Å². The molecular weight excluding hydrogens is 562 g/mol. The first-order valence-corrected chi connectivity index (χ1v) is 13.5. The summed E-state index contributed by atoms with van der Waals surface area (Å²) >= 11 is 4.66. The van der Waals surface area contributed by atoms with Gasteiger partial charge in [0.2, 0.25) is 5.91 Å². The minimum atomic E-state index is -0.509. The molecule has 0 aliphatic carbocycles. The molecule has 1 aromatic heterocycles. The topological polar surface area (TPSA) is 84.2 Å². The van der Waals surface area contributed by atoms with Crippen molar-refractivity contribution in [1.29, 1.82) is 5.26 Å². The predicted octanol–water partition coefficient (Wildman–Crippen LogP) is 7.49. The third kappa shape index (κ3) is 6.18. The fourth-order valence-corrected chi connectivity index (χ4v) is 5.01. The number of thioether (sulfide) groups is 1. The number of pyridine rings is 1. The van der Waals surface area contributed by atoms with E-state index in [0.717, 1.165) is 21.2 Å². The Morgan fingerprint density at radius 2 is 1.63 bits per heavy atom. The van der Waals surface area contributed by atoms with E-state index in [4.69, 9.17) is 14.5 Å². The Morgan fingerprint density at radius 3 is 2.26 bits per heavy atom. The summed E-state index contributed by atoms with van der Waals surface area (Å²) in [6.07, 6.45) is 0. The van der Waals surface area contributed by atoms with Gasteiger partial charge in [-0.05, 0) is 61.9 Å². The standard InChI is InChI=1S/C30H26BrN3O3S/c1-18-5-7-20(8-6-18)26-16-24(21-9-14-27(36-3)28(15-21)37-4)25(17-32)30(34-26)38-19(2)29(35)33-23-12-10-22(31)11-13-23/h5-16,19H,1-4H3,(H,33,35)/t19-/m1/s1. The average molecular weight is 589 g/mol. The summed E-state index contributed by atoms with van der Waals surface area (Å²) in [5.41, 5.74) is 5.31. The van der Waals surface area contributed by atoms with Crippen LogP contribution >= 0.6 is 27.7 Å². The molecule has 4 rings (SSSR count). The van der Waals surface area contributed by atoms with Crippen molar-refractivity contribution in [3.63, 3.8) is 0 Å². The van der Waals surface area contributed by atoms with Crippen molar-refractivity contribution in [2.45, 2.75) is 24.1 Å². The number of nitrogens with one attached hydrogen (secondary N) is 1. The number of nitriles is 1. The number of hydrogen-bond acceptors (Lipinski definition) is 6. The zero-order chi connectivity index (χ0) is 27.2. The number of amides is 1. The highest BCUT2D eigenvalue weighted by atomic mass is 79.9. The minimum Gasteiger partial charge on any atom is -0.493 e. The van der Waals surface area contributed by atoms with Gasteiger partial charge in [0.05, 0.1) is 30.7 Å². The third-order valence-corrected chi connectivity index (χ3v) is 7.52. The number of hydrogen-bond donors (Lipinski definition) is 1. The molecule has 6 nitrogen and oxygen atoms in total. The summed E-state index contributed by atoms with van der Waals surface area (Å²) in [5, 5.41) is 13.1. The van der Waals surface area contributed by atoms with E-state index in [1.54, 1.807) is 21.1 Å². The molecule has 192 valence electrons. The van der Waals surface area contributed by atoms with E-state index in [-0.39, 0.29) is 5.91 Å². The summed E-state index contributed by atoms with van der Waals surface area (Å²) < 4.78 is 11.8. The van der Waals surface area contributed by atoms with E-state index in [1.165, 1.54) is 11.8 Å². The van der Waals surface area contributed by atoms with Gasteiger partial charge in [0, 0.05) is 21.3 Å². The molecule has 1 atom stereocenters. The molecule has 38 heavy (non-hydrogen) atoms. The zero-order valence-corrected chi connectivity index (χ0v) is 23.8. The monoisotopic (exact) mass is 587 g/mol. The van der Waals surface area contributed by atoms with Crippen molar-refractivity contribution in [1.82, 2.24) is 4.98 Å². The van der Waals surface area contributed by atoms with Crippen LogP contribution in [-0.4, -0.2) is 30.4 Å². The molecule has 0 saturated carbocycles. The van der Waals surface area contributed by atoms with Crippen LogP contribution in [-0.2, 0) is 4.79 Å². The van der Waals surface area contributed by atoms with Gasteiger partial charge in [0.25, 0.3) is 0 Å². The van der Waals surface area contributed by atoms with Crippen molar-refractivity contribution in [3.05, 3.63) is 88.4 Å². The number of carbonyl (C=O) groups is 1. The summed E-state index contributed by atoms with van der Waals surface area (Å²) in [6, 6.07) is 25.2. The van der Waals surface area contributed by atoms with Gasteiger partial charge in [-0.15, -0.1) is 0 Å². The molecule has 4 aromatic rings. The van der Waals surface area contributed by atoms with E-state index < -0.39 is 5.25 Å². The lowest BCUT2D eigenvalue weighted by Crippen LogP contribution is -2.22. The number of nitrogens with zero attached hydrogens (tertiary/aromatic N) is 2. The van der Waals surface area contributed by atoms with Crippen LogP contribution in [0.5, 0.6) is 11.5 Å². The summed E-state index contributed by atoms with van der Waals surface area (Å²) in [5.74, 6) is 0.964. The fourth-order valence-electron chi connectivity index (χ4n) is 3.82. The Hall–Kier alpha value is -3.80. The van der Waals surface area contributed by atoms with Gasteiger partial charge in [-0.1, -0.05) is 63.6 Å². The van der Waals surface area contributed by atoms with Crippen molar-refractivity contribution in [2.24, 2.45) is 0 Å². The Kier molecular flexibility index (Phi) is 8.72. The van der Waals surface area contributed by atoms with Crippen LogP contribution in [0.25, 0.3) is 22.4 Å². The number of carbonyl (C=O) groups excluding carboxylic acids is 1. The predicted molar refractivity (Wildman–Crippen MR) is 156 cm³/mol. The quantitative estimate of drug-likeness (QED) is 0.215. The molecular formula is C30H26BrN3O3S. The third-order valence-electron chi connectivity index (χ3n) is 5.91. The zero-order valence-electron chi connectivity index (χ0n) is 21.4. The molecule has 0 bridgehead atoms. The van der Waals surface area contributed by atoms with Gasteiger partial charge >= 0.3 is 0 Å². The highest BCUT2D eigenvalue weighted by Crippen LogP contribution is 2.39. The Balaban J connectivity index is 1.77. The molecule has 0 unspecified atom stereocenters. The first kappa shape index (κ1) is 27.2. The van der Waals surface area contributed by atoms with Crippen LogP contribution < -0.4 is 14.8 Å². The van der Waals surface area contributed by atoms with Crippen LogP contribution in [0.2, 0.25) is 0 Å². The van der Waals surface area contributed by atoms with Crippen LogP contribution in [0.15, 0.2) is 82.3 Å². The normalized spacial score (nSPS) is 11.4. The Bertz CT molecular complexity index is 1500. The molecule has 8 heteroatoms. The Labute approximate surface area is 235 Å². The minimum absolute atomic E-state index is 0.184. The van der Waals surface area contributed by atoms with Gasteiger partial charge in [-0.3, -0.25) is 4.79 Å². The van der Waals surface area contributed by atoms with Crippen molar-refractivity contribution < 1.29 is 14.3 Å². The molecule has 0 fully saturated rings. The van der Waals surface area contributed by atoms with E-state index in [1.807, 2.05) is 79.7 Å². The van der Waals surface area contributed by atoms with E-state index in [9.17, 15) is 10.1 Å². The van der Waals surface area contributed by atoms with Crippen LogP contribution in [0.3, 0.4) is 0 Å². The number of methoxy groups -OCH3 is 2. The number of aryl methyl sites for hydroxylation is 1. The van der Waals surface area contributed by atoms with Crippen LogP contribution in [0.4, 0.5) is 5.69 Å². The molecule has 3 aromatic carbocycles. The van der Waals surface area contributed by atoms with Crippen molar-refractivity contribution in [2.75, 3.05) is 19.5 Å². The van der Waals surface area contributed by atoms with Gasteiger partial charge in [0.15, 0.2) is 11.5 Å². The van der Waals surface area contributed by atoms with Crippen LogP contribution in [0, 0.1) is 18.3 Å². The summed E-state index contributed by atoms with van der Waals surface area (Å²) in [7, 11) is 3.15. The second kappa shape index (κ2) is 12.2. The van der Waals surface area contributed by atoms with E-state index in [2.05, 4.69) is 27.3 Å². The summed E-state index contributed by atoms with van der Waals surface area (Å²) in [6.45, 7) is 3.83. The molecule has 1 heterocycles. The first-order chi connectivity index (χ1) is 18.3. The highest BCUT2D eigenvalue weighted by molar-refractivity contribution is 9.10. The fraction of sp³-hybridized carbons (Fsp3) is 0.167. The highest BCUT2D eigenvalue weighted by Gasteiger charge is 2.22. The summed E-state index contributed by atoms with van der Waals surface area (Å²) in [4.78, 5) is 17.9. The van der Waals surface area contributed by atoms with Crippen molar-refractivity contribution in [3.8, 4) is 40.0 Å². The maximum atomic E-state index is 13.0. The van der Waals surface area contributed by atoms with Gasteiger partial charge in [-0.2, -0.15) is 5.26 Å². The lowest BCUT2D eigenvalue weighted by atomic mass is 9.98. The number of benzene rings is 3. The number of anilines is 1. The van der Waals surface area contributed by atoms with Gasteiger partial charge in [0.1, 0.15) is 11.1 Å². The maximum absolute atomic E-state index is 13.0. The molecule has 0 saturated heterocycles. The number of ether oxygens (including phenoxy) is 2. The maximum Gasteiger partial charge on any atom is 0.237 e. The smallest absolute Gasteiger partial charge is 0.237 e. The van der Waals surface area contributed by atoms with E-state index in [0.29, 0.717) is 39.0 Å². The SMILES string of the molecule is COc1ccc(-c2cc(-c3ccc(C)cc3)nc(S[C@H](C)C(=O)Nc3ccc(Br)cc3)c2C#N)cc1OC. The lowest BCUT2D eigenvalue weighted by molar-refractivity contribution is -0.115. The molecule has 0 aliphatic rings. The van der Waals surface area contributed by atoms with Gasteiger partial charge in [-0.25, -0.2) is 4.98 Å². The molecule has 0 spiro atoms. The second-order valence-electron chi connectivity index (χ2n) is 8.54. The average Bonchev–Trinajstić information content (AvgIpc) is 2.93. The number of halogens is 1. The lowest BCUT2D eigenvalue weighted by Gasteiger charge is -2.17. The molecule has 0 aliphatic heterocycles. The number of aromatic nitrogens is 1. The molecule has 1 amide bonds. The van der Waals surface area contributed by atoms with Gasteiger partial charge < -0.3 is 14.8 Å². The van der Waals surface area contributed by atoms with Crippen molar-refractivity contribution >= 4 is 39.3 Å². The Morgan fingerprint density at radius 1 is 0.974 bits per heavy atom. The first-order valence-electron chi connectivity index (χ1n) is 11.8. The molecule has 0 radical (unpaired) electrons. The molecule has 1 N–H and O–H groups in total. The largest absolute Gasteiger partial charge is 0.493 e. The number of rotatable bonds is 8.